The predicted molar refractivity (Wildman–Crippen MR) is 113 cm³/mol. The number of carbonyl (C=O) groups is 1. The van der Waals surface area contributed by atoms with Crippen LogP contribution in [0.15, 0.2) is 48.5 Å². The molecule has 0 radical (unpaired) electrons. The summed E-state index contributed by atoms with van der Waals surface area (Å²) in [6.07, 6.45) is 2.54. The van der Waals surface area contributed by atoms with Gasteiger partial charge >= 0.3 is 0 Å². The molecule has 0 bridgehead atoms. The Labute approximate surface area is 169 Å². The molecule has 2 aromatic carbocycles. The van der Waals surface area contributed by atoms with Crippen molar-refractivity contribution >= 4 is 22.8 Å². The first-order valence-electron chi connectivity index (χ1n) is 9.74. The first-order valence-corrected chi connectivity index (χ1v) is 9.74. The van der Waals surface area contributed by atoms with Crippen LogP contribution >= 0.6 is 0 Å². The summed E-state index contributed by atoms with van der Waals surface area (Å²) in [7, 11) is 1.47. The van der Waals surface area contributed by atoms with Gasteiger partial charge in [0.25, 0.3) is 5.91 Å². The van der Waals surface area contributed by atoms with Crippen LogP contribution in [-0.4, -0.2) is 46.8 Å². The number of amides is 1. The van der Waals surface area contributed by atoms with E-state index in [1.54, 1.807) is 6.07 Å². The van der Waals surface area contributed by atoms with Crippen LogP contribution in [0, 0.1) is 5.41 Å². The van der Waals surface area contributed by atoms with Gasteiger partial charge in [0.05, 0.1) is 5.52 Å². The summed E-state index contributed by atoms with van der Waals surface area (Å²) in [5.41, 5.74) is 7.74. The Morgan fingerprint density at radius 3 is 2.72 bits per heavy atom. The lowest BCUT2D eigenvalue weighted by molar-refractivity contribution is 0.0864. The zero-order valence-corrected chi connectivity index (χ0v) is 16.4. The second kappa shape index (κ2) is 7.97. The van der Waals surface area contributed by atoms with Crippen molar-refractivity contribution in [3.05, 3.63) is 59.8 Å². The molecule has 150 valence electrons. The Morgan fingerprint density at radius 1 is 1.21 bits per heavy atom. The molecular weight excluding hydrogens is 366 g/mol. The van der Waals surface area contributed by atoms with Crippen LogP contribution in [0.1, 0.15) is 28.9 Å². The number of ether oxygens (including phenoxy) is 1. The number of carbonyl (C=O) groups excluding carboxylic acids is 1. The Balaban J connectivity index is 1.58. The van der Waals surface area contributed by atoms with Crippen LogP contribution in [0.3, 0.4) is 0 Å². The normalized spacial score (nSPS) is 14.2. The predicted octanol–water partition coefficient (Wildman–Crippen LogP) is 3.52. The molecule has 29 heavy (non-hydrogen) atoms. The highest BCUT2D eigenvalue weighted by atomic mass is 16.5. The van der Waals surface area contributed by atoms with E-state index < -0.39 is 0 Å². The number of benzene rings is 2. The number of nitrogens with one attached hydrogen (secondary N) is 2. The molecule has 1 saturated heterocycles. The highest BCUT2D eigenvalue weighted by molar-refractivity contribution is 6.06. The molecule has 0 unspecified atom stereocenters. The van der Waals surface area contributed by atoms with Crippen molar-refractivity contribution < 1.29 is 9.53 Å². The quantitative estimate of drug-likeness (QED) is 0.458. The Bertz CT molecular complexity index is 1050. The van der Waals surface area contributed by atoms with Gasteiger partial charge in [-0.2, -0.15) is 0 Å². The summed E-state index contributed by atoms with van der Waals surface area (Å²) in [5, 5.41) is 8.30. The van der Waals surface area contributed by atoms with Gasteiger partial charge in [-0.25, -0.2) is 0 Å². The number of hydrogen-bond donors (Lipinski definition) is 3. The van der Waals surface area contributed by atoms with Crippen LogP contribution in [0.5, 0.6) is 11.5 Å². The van der Waals surface area contributed by atoms with Crippen LogP contribution in [0.2, 0.25) is 0 Å². The minimum absolute atomic E-state index is 0.306. The number of hydrogen-bond acceptors (Lipinski definition) is 4. The number of aromatic nitrogens is 1. The summed E-state index contributed by atoms with van der Waals surface area (Å²) in [4.78, 5) is 19.1. The number of nitrogens with zero attached hydrogens (tertiary/aromatic N) is 2. The number of likely N-dealkylation sites (tertiary alicyclic amines) is 1. The fourth-order valence-electron chi connectivity index (χ4n) is 3.65. The van der Waals surface area contributed by atoms with E-state index >= 15 is 0 Å². The zero-order valence-electron chi connectivity index (χ0n) is 16.4. The van der Waals surface area contributed by atoms with Crippen molar-refractivity contribution in [1.82, 2.24) is 14.8 Å². The fraction of sp³-hybridized carbons (Fsp3) is 0.273. The molecule has 1 amide bonds. The second-order valence-electron chi connectivity index (χ2n) is 7.39. The molecule has 0 aliphatic carbocycles. The standard InChI is InChI=1S/C22H25N5O2/c1-26(22(23)24)21(28)18-13-16-7-5-9-19(20(16)25-18)29-17-8-4-6-15(12-17)14-27-10-2-3-11-27/h4-9,12-13,25H,2-3,10-11,14H2,1H3,(H3,23,24). The van der Waals surface area contributed by atoms with Crippen molar-refractivity contribution in [2.75, 3.05) is 20.1 Å². The SMILES string of the molecule is CN(C(=N)N)C(=O)c1cc2cccc(Oc3cccc(CN4CCCC4)c3)c2[nH]1. The van der Waals surface area contributed by atoms with E-state index in [9.17, 15) is 4.79 Å². The molecule has 3 aromatic rings. The third-order valence-electron chi connectivity index (χ3n) is 5.25. The second-order valence-corrected chi connectivity index (χ2v) is 7.39. The number of para-hydroxylation sites is 1. The van der Waals surface area contributed by atoms with Crippen molar-refractivity contribution in [3.8, 4) is 11.5 Å². The highest BCUT2D eigenvalue weighted by Gasteiger charge is 2.18. The summed E-state index contributed by atoms with van der Waals surface area (Å²) < 4.78 is 6.16. The Kier molecular flexibility index (Phi) is 5.22. The van der Waals surface area contributed by atoms with Gasteiger partial charge in [0, 0.05) is 19.0 Å². The number of aromatic amines is 1. The molecule has 2 heterocycles. The first kappa shape index (κ1) is 19.0. The average molecular weight is 391 g/mol. The van der Waals surface area contributed by atoms with E-state index in [0.717, 1.165) is 41.2 Å². The number of nitrogens with two attached hydrogens (primary N) is 1. The monoisotopic (exact) mass is 391 g/mol. The maximum absolute atomic E-state index is 12.5. The number of rotatable bonds is 5. The van der Waals surface area contributed by atoms with Gasteiger partial charge in [0.15, 0.2) is 11.7 Å². The third kappa shape index (κ3) is 4.09. The number of H-pyrrole nitrogens is 1. The van der Waals surface area contributed by atoms with E-state index in [4.69, 9.17) is 15.9 Å². The molecule has 7 heteroatoms. The molecule has 1 fully saturated rings. The van der Waals surface area contributed by atoms with E-state index in [1.807, 2.05) is 30.3 Å². The molecule has 0 spiro atoms. The molecule has 4 N–H and O–H groups in total. The molecule has 1 aliphatic heterocycles. The van der Waals surface area contributed by atoms with Crippen molar-refractivity contribution in [2.45, 2.75) is 19.4 Å². The topological polar surface area (TPSA) is 98.4 Å². The van der Waals surface area contributed by atoms with E-state index in [0.29, 0.717) is 11.4 Å². The van der Waals surface area contributed by atoms with Gasteiger partial charge < -0.3 is 15.5 Å². The van der Waals surface area contributed by atoms with Crippen LogP contribution < -0.4 is 10.5 Å². The van der Waals surface area contributed by atoms with Crippen molar-refractivity contribution in [1.29, 1.82) is 5.41 Å². The molecule has 0 saturated carbocycles. The molecular formula is C22H25N5O2. The smallest absolute Gasteiger partial charge is 0.276 e. The maximum Gasteiger partial charge on any atom is 0.276 e. The minimum atomic E-state index is -0.368. The molecule has 1 aromatic heterocycles. The van der Waals surface area contributed by atoms with Crippen molar-refractivity contribution in [2.24, 2.45) is 5.73 Å². The lowest BCUT2D eigenvalue weighted by Gasteiger charge is -2.15. The lowest BCUT2D eigenvalue weighted by atomic mass is 10.2. The van der Waals surface area contributed by atoms with Crippen LogP contribution in [0.4, 0.5) is 0 Å². The first-order chi connectivity index (χ1) is 14.0. The van der Waals surface area contributed by atoms with Crippen LogP contribution in [0.25, 0.3) is 10.9 Å². The van der Waals surface area contributed by atoms with E-state index in [-0.39, 0.29) is 11.9 Å². The van der Waals surface area contributed by atoms with Gasteiger partial charge in [0.1, 0.15) is 11.4 Å². The average Bonchev–Trinajstić information content (AvgIpc) is 3.37. The molecule has 0 atom stereocenters. The third-order valence-corrected chi connectivity index (χ3v) is 5.25. The number of guanidine groups is 1. The van der Waals surface area contributed by atoms with Crippen molar-refractivity contribution in [3.63, 3.8) is 0 Å². The van der Waals surface area contributed by atoms with E-state index in [1.165, 1.54) is 25.5 Å². The van der Waals surface area contributed by atoms with Gasteiger partial charge in [-0.3, -0.25) is 20.0 Å². The largest absolute Gasteiger partial charge is 0.455 e. The molecule has 7 nitrogen and oxygen atoms in total. The van der Waals surface area contributed by atoms with Gasteiger partial charge in [-0.05, 0) is 55.8 Å². The van der Waals surface area contributed by atoms with Gasteiger partial charge in [-0.15, -0.1) is 0 Å². The van der Waals surface area contributed by atoms with Crippen LogP contribution in [-0.2, 0) is 6.54 Å². The maximum atomic E-state index is 12.5. The summed E-state index contributed by atoms with van der Waals surface area (Å²) in [5.74, 6) is 0.732. The van der Waals surface area contributed by atoms with E-state index in [2.05, 4.69) is 22.0 Å². The zero-order chi connectivity index (χ0) is 20.4. The fourth-order valence-corrected chi connectivity index (χ4v) is 3.65. The summed E-state index contributed by atoms with van der Waals surface area (Å²) in [6.45, 7) is 3.23. The van der Waals surface area contributed by atoms with Gasteiger partial charge in [0.2, 0.25) is 0 Å². The molecule has 4 rings (SSSR count). The Morgan fingerprint density at radius 2 is 1.97 bits per heavy atom. The number of fused-ring (bicyclic) bond motifs is 1. The summed E-state index contributed by atoms with van der Waals surface area (Å²) >= 11 is 0. The highest BCUT2D eigenvalue weighted by Crippen LogP contribution is 2.31. The molecule has 1 aliphatic rings. The lowest BCUT2D eigenvalue weighted by Crippen LogP contribution is -2.38. The summed E-state index contributed by atoms with van der Waals surface area (Å²) in [6, 6.07) is 15.5. The Hall–Kier alpha value is -3.32. The minimum Gasteiger partial charge on any atom is -0.455 e. The van der Waals surface area contributed by atoms with Gasteiger partial charge in [-0.1, -0.05) is 24.3 Å².